The molecule has 2 bridgehead atoms. The number of phenolic OH excluding ortho intramolecular Hbond substituents is 1. The maximum Gasteiger partial charge on any atom is 0.250 e. The Kier molecular flexibility index (Phi) is 5.42. The first-order valence-corrected chi connectivity index (χ1v) is 12.6. The van der Waals surface area contributed by atoms with Gasteiger partial charge in [-0.25, -0.2) is 0 Å². The minimum absolute atomic E-state index is 0.0660. The van der Waals surface area contributed by atoms with E-state index in [4.69, 9.17) is 4.74 Å². The summed E-state index contributed by atoms with van der Waals surface area (Å²) in [4.78, 5) is 27.9. The number of hydrogen-bond donors (Lipinski definition) is 1. The molecule has 0 radical (unpaired) electrons. The number of phenols is 1. The molecule has 0 unspecified atom stereocenters. The summed E-state index contributed by atoms with van der Waals surface area (Å²) in [5.74, 6) is 1.34. The second kappa shape index (κ2) is 8.50. The van der Waals surface area contributed by atoms with Gasteiger partial charge in [0.1, 0.15) is 11.5 Å². The maximum absolute atomic E-state index is 13.3. The molecule has 6 nitrogen and oxygen atoms in total. The molecule has 35 heavy (non-hydrogen) atoms. The van der Waals surface area contributed by atoms with Crippen LogP contribution in [0.2, 0.25) is 0 Å². The summed E-state index contributed by atoms with van der Waals surface area (Å²) in [7, 11) is 0. The average Bonchev–Trinajstić information content (AvgIpc) is 3.13. The Bertz CT molecular complexity index is 1460. The number of ketones is 1. The summed E-state index contributed by atoms with van der Waals surface area (Å²) in [6, 6.07) is 14.9. The molecule has 0 amide bonds. The smallest absolute Gasteiger partial charge is 0.250 e. The summed E-state index contributed by atoms with van der Waals surface area (Å²) in [5.41, 5.74) is 3.87. The van der Waals surface area contributed by atoms with Crippen LogP contribution in [0.15, 0.2) is 63.6 Å². The first kappa shape index (κ1) is 22.3. The molecular weight excluding hydrogens is 508 g/mol. The minimum Gasteiger partial charge on any atom is -0.507 e. The van der Waals surface area contributed by atoms with Crippen LogP contribution >= 0.6 is 15.9 Å². The molecule has 2 aromatic carbocycles. The Morgan fingerprint density at radius 2 is 1.94 bits per heavy atom. The highest BCUT2D eigenvalue weighted by molar-refractivity contribution is 9.10. The zero-order chi connectivity index (χ0) is 24.3. The highest BCUT2D eigenvalue weighted by atomic mass is 79.9. The van der Waals surface area contributed by atoms with E-state index >= 15 is 0 Å². The van der Waals surface area contributed by atoms with E-state index in [-0.39, 0.29) is 28.8 Å². The molecule has 2 atom stereocenters. The summed E-state index contributed by atoms with van der Waals surface area (Å²) in [6.07, 6.45) is 2.81. The fourth-order valence-electron chi connectivity index (χ4n) is 5.83. The predicted molar refractivity (Wildman–Crippen MR) is 137 cm³/mol. The van der Waals surface area contributed by atoms with Crippen LogP contribution in [0.4, 0.5) is 0 Å². The number of pyridine rings is 1. The molecule has 1 aromatic heterocycles. The molecule has 1 saturated heterocycles. The summed E-state index contributed by atoms with van der Waals surface area (Å²) in [5, 5.41) is 10.9. The van der Waals surface area contributed by atoms with E-state index in [0.717, 1.165) is 35.2 Å². The lowest BCUT2D eigenvalue weighted by atomic mass is 9.83. The summed E-state index contributed by atoms with van der Waals surface area (Å²) >= 11 is 3.46. The monoisotopic (exact) mass is 532 g/mol. The van der Waals surface area contributed by atoms with Crippen LogP contribution in [0.1, 0.15) is 45.1 Å². The standard InChI is InChI=1S/C28H25BrN2O4/c1-16-8-23(32)21(28-26(16)27(34)24(35-28)11-17-4-2-5-20(29)10-17)15-30-12-18-9-19(14-30)22-6-3-7-25(33)31(22)13-18/h2-8,10-11,18-19,32H,9,12-15H2,1H3/b24-11-/t18-,19+/m1/s1. The van der Waals surface area contributed by atoms with Crippen molar-refractivity contribution >= 4 is 27.8 Å². The van der Waals surface area contributed by atoms with E-state index in [9.17, 15) is 14.7 Å². The van der Waals surface area contributed by atoms with Crippen molar-refractivity contribution in [1.82, 2.24) is 9.47 Å². The maximum atomic E-state index is 13.3. The van der Waals surface area contributed by atoms with Crippen molar-refractivity contribution in [3.63, 3.8) is 0 Å². The lowest BCUT2D eigenvalue weighted by Gasteiger charge is -2.43. The number of Topliss-reactive ketones (excluding diaryl/α,β-unsaturated/α-hetero) is 1. The topological polar surface area (TPSA) is 71.8 Å². The predicted octanol–water partition coefficient (Wildman–Crippen LogP) is 4.86. The second-order valence-electron chi connectivity index (χ2n) is 9.78. The molecule has 0 aliphatic carbocycles. The number of halogens is 1. The number of aromatic nitrogens is 1. The van der Waals surface area contributed by atoms with Crippen LogP contribution in [0.5, 0.6) is 11.5 Å². The molecule has 1 N–H and O–H groups in total. The lowest BCUT2D eigenvalue weighted by Crippen LogP contribution is -2.46. The molecule has 1 fully saturated rings. The van der Waals surface area contributed by atoms with Crippen LogP contribution in [0.3, 0.4) is 0 Å². The largest absolute Gasteiger partial charge is 0.507 e. The Balaban J connectivity index is 1.32. The van der Waals surface area contributed by atoms with Crippen molar-refractivity contribution in [1.29, 1.82) is 0 Å². The van der Waals surface area contributed by atoms with Crippen LogP contribution in [0, 0.1) is 12.8 Å². The first-order chi connectivity index (χ1) is 16.9. The molecule has 4 heterocycles. The number of fused-ring (bicyclic) bond motifs is 5. The van der Waals surface area contributed by atoms with Crippen LogP contribution in [-0.2, 0) is 13.1 Å². The van der Waals surface area contributed by atoms with Crippen LogP contribution in [0.25, 0.3) is 6.08 Å². The molecule has 6 rings (SSSR count). The number of nitrogens with zero attached hydrogens (tertiary/aromatic N) is 2. The zero-order valence-electron chi connectivity index (χ0n) is 19.3. The van der Waals surface area contributed by atoms with Gasteiger partial charge in [-0.15, -0.1) is 0 Å². The number of likely N-dealkylation sites (tertiary alicyclic amines) is 1. The molecule has 0 spiro atoms. The number of piperidine rings is 1. The third-order valence-electron chi connectivity index (χ3n) is 7.30. The number of allylic oxidation sites excluding steroid dienone is 1. The van der Waals surface area contributed by atoms with Crippen molar-refractivity contribution in [2.24, 2.45) is 5.92 Å². The molecule has 3 aliphatic rings. The van der Waals surface area contributed by atoms with E-state index < -0.39 is 0 Å². The average molecular weight is 533 g/mol. The van der Waals surface area contributed by atoms with Crippen molar-refractivity contribution in [3.05, 3.63) is 97.1 Å². The normalized spacial score (nSPS) is 22.1. The Morgan fingerprint density at radius 1 is 1.11 bits per heavy atom. The van der Waals surface area contributed by atoms with Gasteiger partial charge in [-0.1, -0.05) is 34.1 Å². The first-order valence-electron chi connectivity index (χ1n) is 11.8. The quantitative estimate of drug-likeness (QED) is 0.487. The Labute approximate surface area is 211 Å². The van der Waals surface area contributed by atoms with Crippen LogP contribution < -0.4 is 10.3 Å². The number of ether oxygens (including phenoxy) is 1. The molecule has 178 valence electrons. The highest BCUT2D eigenvalue weighted by Crippen LogP contribution is 2.43. The molecule has 3 aliphatic heterocycles. The third-order valence-corrected chi connectivity index (χ3v) is 7.80. The highest BCUT2D eigenvalue weighted by Gasteiger charge is 2.37. The number of hydrogen-bond acceptors (Lipinski definition) is 5. The number of aromatic hydroxyl groups is 1. The summed E-state index contributed by atoms with van der Waals surface area (Å²) in [6.45, 7) is 4.64. The minimum atomic E-state index is -0.164. The lowest BCUT2D eigenvalue weighted by molar-refractivity contribution is 0.101. The van der Waals surface area contributed by atoms with Crippen molar-refractivity contribution < 1.29 is 14.6 Å². The Hall–Kier alpha value is -3.16. The number of benzene rings is 2. The van der Waals surface area contributed by atoms with Gasteiger partial charge in [-0.3, -0.25) is 14.5 Å². The number of carbonyl (C=O) groups is 1. The van der Waals surface area contributed by atoms with Crippen molar-refractivity contribution in [2.45, 2.75) is 32.4 Å². The molecule has 7 heteroatoms. The zero-order valence-corrected chi connectivity index (χ0v) is 20.9. The fourth-order valence-corrected chi connectivity index (χ4v) is 6.25. The van der Waals surface area contributed by atoms with Gasteiger partial charge in [0.15, 0.2) is 5.76 Å². The van der Waals surface area contributed by atoms with Gasteiger partial charge < -0.3 is 14.4 Å². The van der Waals surface area contributed by atoms with Gasteiger partial charge in [0.05, 0.1) is 11.1 Å². The van der Waals surface area contributed by atoms with Gasteiger partial charge in [0.2, 0.25) is 5.78 Å². The van der Waals surface area contributed by atoms with E-state index in [2.05, 4.69) is 20.8 Å². The fraction of sp³-hybridized carbons (Fsp3) is 0.286. The summed E-state index contributed by atoms with van der Waals surface area (Å²) < 4.78 is 8.96. The number of rotatable bonds is 3. The Morgan fingerprint density at radius 3 is 2.77 bits per heavy atom. The van der Waals surface area contributed by atoms with Gasteiger partial charge in [0, 0.05) is 48.3 Å². The van der Waals surface area contributed by atoms with Gasteiger partial charge in [-0.05, 0) is 60.7 Å². The second-order valence-corrected chi connectivity index (χ2v) is 10.7. The van der Waals surface area contributed by atoms with E-state index in [1.165, 1.54) is 0 Å². The van der Waals surface area contributed by atoms with E-state index in [1.807, 2.05) is 47.9 Å². The third kappa shape index (κ3) is 3.93. The van der Waals surface area contributed by atoms with Gasteiger partial charge >= 0.3 is 0 Å². The van der Waals surface area contributed by atoms with Crippen LogP contribution in [-0.4, -0.2) is 33.4 Å². The van der Waals surface area contributed by atoms with Gasteiger partial charge in [-0.2, -0.15) is 0 Å². The van der Waals surface area contributed by atoms with E-state index in [0.29, 0.717) is 41.4 Å². The molecule has 0 saturated carbocycles. The van der Waals surface area contributed by atoms with Crippen molar-refractivity contribution in [2.75, 3.05) is 13.1 Å². The number of aryl methyl sites for hydroxylation is 1. The molecule has 3 aromatic rings. The molecular formula is C28H25BrN2O4. The van der Waals surface area contributed by atoms with E-state index in [1.54, 1.807) is 18.2 Å². The number of carbonyl (C=O) groups excluding carboxylic acids is 1. The SMILES string of the molecule is Cc1cc(O)c(CN2C[C@H]3C[C@@H](C2)c2cccc(=O)n2C3)c2c1C(=O)/C(=C/c1cccc(Br)c1)O2. The van der Waals surface area contributed by atoms with Crippen molar-refractivity contribution in [3.8, 4) is 11.5 Å². The van der Waals surface area contributed by atoms with Gasteiger partial charge in [0.25, 0.3) is 5.56 Å².